The number of anilines is 4. The van der Waals surface area contributed by atoms with Crippen molar-refractivity contribution in [3.05, 3.63) is 18.6 Å². The molecule has 0 unspecified atom stereocenters. The lowest BCUT2D eigenvalue weighted by Gasteiger charge is -2.26. The number of aromatic nitrogens is 5. The zero-order valence-electron chi connectivity index (χ0n) is 15.9. The number of nitrogens with zero attached hydrogens (tertiary/aromatic N) is 7. The van der Waals surface area contributed by atoms with E-state index >= 15 is 0 Å². The molecule has 27 heavy (non-hydrogen) atoms. The maximum atomic E-state index is 5.38. The molecule has 1 aliphatic heterocycles. The summed E-state index contributed by atoms with van der Waals surface area (Å²) in [4.78, 5) is 26.3. The van der Waals surface area contributed by atoms with Crippen molar-refractivity contribution in [1.29, 1.82) is 0 Å². The number of hydrogen-bond acceptors (Lipinski definition) is 10. The molecule has 0 radical (unpaired) electrons. The molecule has 1 aliphatic rings. The minimum atomic E-state index is 0.446. The molecule has 3 rings (SSSR count). The zero-order valence-corrected chi connectivity index (χ0v) is 15.9. The van der Waals surface area contributed by atoms with Gasteiger partial charge >= 0.3 is 0 Å². The number of hydrogen-bond donors (Lipinski definition) is 2. The third kappa shape index (κ3) is 5.69. The van der Waals surface area contributed by atoms with E-state index in [0.29, 0.717) is 23.7 Å². The number of rotatable bonds is 9. The lowest BCUT2D eigenvalue weighted by atomic mass is 10.4. The second-order valence-corrected chi connectivity index (χ2v) is 6.05. The Morgan fingerprint density at radius 2 is 1.85 bits per heavy atom. The van der Waals surface area contributed by atoms with Gasteiger partial charge in [0.25, 0.3) is 0 Å². The van der Waals surface area contributed by atoms with Crippen molar-refractivity contribution in [2.24, 2.45) is 0 Å². The summed E-state index contributed by atoms with van der Waals surface area (Å²) in [6, 6.07) is 0. The van der Waals surface area contributed by atoms with Crippen LogP contribution in [0.25, 0.3) is 0 Å². The molecule has 3 heterocycles. The fourth-order valence-electron chi connectivity index (χ4n) is 2.78. The molecule has 0 spiro atoms. The van der Waals surface area contributed by atoms with Gasteiger partial charge in [0.2, 0.25) is 17.8 Å². The van der Waals surface area contributed by atoms with Crippen LogP contribution >= 0.6 is 0 Å². The molecule has 2 aromatic rings. The molecule has 0 saturated carbocycles. The summed E-state index contributed by atoms with van der Waals surface area (Å²) in [5.41, 5.74) is 0. The van der Waals surface area contributed by atoms with Crippen molar-refractivity contribution >= 4 is 23.7 Å². The van der Waals surface area contributed by atoms with E-state index in [1.54, 1.807) is 18.6 Å². The first-order valence-corrected chi connectivity index (χ1v) is 9.36. The Hall–Kier alpha value is -2.59. The summed E-state index contributed by atoms with van der Waals surface area (Å²) >= 11 is 0. The normalized spacial score (nSPS) is 14.7. The van der Waals surface area contributed by atoms with E-state index in [4.69, 9.17) is 4.74 Å². The highest BCUT2D eigenvalue weighted by Gasteiger charge is 2.13. The molecule has 0 amide bonds. The van der Waals surface area contributed by atoms with Crippen molar-refractivity contribution in [2.75, 3.05) is 68.0 Å². The Morgan fingerprint density at radius 3 is 2.56 bits per heavy atom. The van der Waals surface area contributed by atoms with E-state index in [0.717, 1.165) is 52.5 Å². The summed E-state index contributed by atoms with van der Waals surface area (Å²) in [6.07, 6.45) is 4.88. The van der Waals surface area contributed by atoms with Gasteiger partial charge in [-0.2, -0.15) is 15.0 Å². The first kappa shape index (κ1) is 19.2. The summed E-state index contributed by atoms with van der Waals surface area (Å²) in [7, 11) is 0. The molecule has 10 nitrogen and oxygen atoms in total. The van der Waals surface area contributed by atoms with Crippen LogP contribution < -0.4 is 15.5 Å². The SMILES string of the molecule is CCN(CC)c1nc(NCCN2CCOCC2)nc(Nc2cnccn2)n1. The van der Waals surface area contributed by atoms with Crippen LogP contribution in [0.15, 0.2) is 18.6 Å². The maximum Gasteiger partial charge on any atom is 0.235 e. The van der Waals surface area contributed by atoms with Gasteiger partial charge in [0, 0.05) is 51.7 Å². The van der Waals surface area contributed by atoms with Crippen molar-refractivity contribution in [3.8, 4) is 0 Å². The Kier molecular flexibility index (Phi) is 7.05. The van der Waals surface area contributed by atoms with Crippen molar-refractivity contribution in [2.45, 2.75) is 13.8 Å². The Balaban J connectivity index is 1.70. The summed E-state index contributed by atoms with van der Waals surface area (Å²) in [5.74, 6) is 2.22. The van der Waals surface area contributed by atoms with E-state index in [-0.39, 0.29) is 0 Å². The second-order valence-electron chi connectivity index (χ2n) is 6.05. The quantitative estimate of drug-likeness (QED) is 0.661. The van der Waals surface area contributed by atoms with E-state index in [9.17, 15) is 0 Å². The highest BCUT2D eigenvalue weighted by atomic mass is 16.5. The first-order valence-electron chi connectivity index (χ1n) is 9.36. The van der Waals surface area contributed by atoms with Crippen LogP contribution in [0.3, 0.4) is 0 Å². The molecule has 0 aliphatic carbocycles. The van der Waals surface area contributed by atoms with Gasteiger partial charge in [-0.05, 0) is 13.8 Å². The van der Waals surface area contributed by atoms with Crippen LogP contribution in [0.4, 0.5) is 23.7 Å². The van der Waals surface area contributed by atoms with Gasteiger partial charge in [0.1, 0.15) is 0 Å². The van der Waals surface area contributed by atoms with Crippen LogP contribution in [0, 0.1) is 0 Å². The highest BCUT2D eigenvalue weighted by Crippen LogP contribution is 2.16. The number of ether oxygens (including phenoxy) is 1. The highest BCUT2D eigenvalue weighted by molar-refractivity contribution is 5.51. The molecule has 2 aromatic heterocycles. The average molecular weight is 373 g/mol. The molecule has 10 heteroatoms. The molecular weight excluding hydrogens is 346 g/mol. The van der Waals surface area contributed by atoms with Crippen LogP contribution in [0.5, 0.6) is 0 Å². The van der Waals surface area contributed by atoms with Gasteiger partial charge in [0.05, 0.1) is 19.4 Å². The number of nitrogens with one attached hydrogen (secondary N) is 2. The topological polar surface area (TPSA) is 104 Å². The number of morpholine rings is 1. The third-order valence-corrected chi connectivity index (χ3v) is 4.29. The van der Waals surface area contributed by atoms with E-state index in [1.807, 2.05) is 0 Å². The Bertz CT molecular complexity index is 690. The molecule has 0 bridgehead atoms. The standard InChI is InChI=1S/C17H27N9O/c1-3-26(4-2)17-23-15(20-7-8-25-9-11-27-12-10-25)22-16(24-17)21-14-13-18-5-6-19-14/h5-6,13H,3-4,7-12H2,1-2H3,(H2,19,20,21,22,23,24). The van der Waals surface area contributed by atoms with Crippen LogP contribution in [-0.4, -0.2) is 82.3 Å². The molecule has 1 fully saturated rings. The molecule has 0 atom stereocenters. The van der Waals surface area contributed by atoms with Crippen molar-refractivity contribution < 1.29 is 4.74 Å². The monoisotopic (exact) mass is 373 g/mol. The van der Waals surface area contributed by atoms with Crippen LogP contribution in [0.1, 0.15) is 13.8 Å². The molecule has 0 aromatic carbocycles. The second kappa shape index (κ2) is 9.93. The minimum absolute atomic E-state index is 0.446. The van der Waals surface area contributed by atoms with E-state index < -0.39 is 0 Å². The molecular formula is C17H27N9O. The van der Waals surface area contributed by atoms with Crippen molar-refractivity contribution in [1.82, 2.24) is 29.8 Å². The third-order valence-electron chi connectivity index (χ3n) is 4.29. The minimum Gasteiger partial charge on any atom is -0.379 e. The van der Waals surface area contributed by atoms with Gasteiger partial charge in [-0.25, -0.2) is 4.98 Å². The summed E-state index contributed by atoms with van der Waals surface area (Å²) in [6.45, 7) is 11.0. The summed E-state index contributed by atoms with van der Waals surface area (Å²) in [5, 5.41) is 6.41. The van der Waals surface area contributed by atoms with E-state index in [1.165, 1.54) is 0 Å². The summed E-state index contributed by atoms with van der Waals surface area (Å²) < 4.78 is 5.38. The van der Waals surface area contributed by atoms with Crippen LogP contribution in [0.2, 0.25) is 0 Å². The predicted octanol–water partition coefficient (Wildman–Crippen LogP) is 0.996. The van der Waals surface area contributed by atoms with Crippen LogP contribution in [-0.2, 0) is 4.74 Å². The Labute approximate surface area is 159 Å². The van der Waals surface area contributed by atoms with Crippen molar-refractivity contribution in [3.63, 3.8) is 0 Å². The molecule has 1 saturated heterocycles. The lowest BCUT2D eigenvalue weighted by Crippen LogP contribution is -2.39. The van der Waals surface area contributed by atoms with Gasteiger partial charge in [0.15, 0.2) is 5.82 Å². The first-order chi connectivity index (χ1) is 13.3. The van der Waals surface area contributed by atoms with Gasteiger partial charge in [-0.1, -0.05) is 0 Å². The van der Waals surface area contributed by atoms with Gasteiger partial charge in [-0.15, -0.1) is 0 Å². The van der Waals surface area contributed by atoms with Gasteiger partial charge < -0.3 is 20.3 Å². The van der Waals surface area contributed by atoms with Gasteiger partial charge in [-0.3, -0.25) is 9.88 Å². The maximum absolute atomic E-state index is 5.38. The fraction of sp³-hybridized carbons (Fsp3) is 0.588. The largest absolute Gasteiger partial charge is 0.379 e. The smallest absolute Gasteiger partial charge is 0.235 e. The molecule has 2 N–H and O–H groups in total. The van der Waals surface area contributed by atoms with E-state index in [2.05, 4.69) is 59.2 Å². The fourth-order valence-corrected chi connectivity index (χ4v) is 2.78. The molecule has 146 valence electrons. The predicted molar refractivity (Wildman–Crippen MR) is 104 cm³/mol. The lowest BCUT2D eigenvalue weighted by molar-refractivity contribution is 0.0398. The average Bonchev–Trinajstić information content (AvgIpc) is 2.70. The zero-order chi connectivity index (χ0) is 18.9. The Morgan fingerprint density at radius 1 is 1.07 bits per heavy atom.